The molecule has 4 rings (SSSR count). The number of fused-ring (bicyclic) bond motifs is 3. The molecule has 0 aromatic heterocycles. The third-order valence-corrected chi connectivity index (χ3v) is 7.44. The van der Waals surface area contributed by atoms with E-state index in [1.165, 1.54) is 0 Å². The Bertz CT molecular complexity index is 761. The molecule has 2 heterocycles. The Hall–Kier alpha value is -1.60. The number of anilines is 1. The number of ether oxygens (including phenoxy) is 1. The summed E-state index contributed by atoms with van der Waals surface area (Å²) in [4.78, 5) is 12.9. The van der Waals surface area contributed by atoms with Crippen LogP contribution in [0.4, 0.5) is 5.69 Å². The number of carbonyl (C=O) groups is 1. The van der Waals surface area contributed by atoms with Crippen LogP contribution >= 0.6 is 0 Å². The van der Waals surface area contributed by atoms with E-state index >= 15 is 0 Å². The number of amides is 1. The highest BCUT2D eigenvalue weighted by Gasteiger charge is 2.47. The van der Waals surface area contributed by atoms with Crippen molar-refractivity contribution in [3.8, 4) is 5.75 Å². The Morgan fingerprint density at radius 1 is 1.26 bits per heavy atom. The zero-order valence-corrected chi connectivity index (χ0v) is 17.2. The average molecular weight is 395 g/mol. The first-order valence-electron chi connectivity index (χ1n) is 9.87. The average Bonchev–Trinajstić information content (AvgIpc) is 2.63. The minimum Gasteiger partial charge on any atom is -0.491 e. The zero-order chi connectivity index (χ0) is 19.6. The largest absolute Gasteiger partial charge is 0.491 e. The Labute approximate surface area is 162 Å². The molecule has 6 nitrogen and oxygen atoms in total. The van der Waals surface area contributed by atoms with Gasteiger partial charge in [-0.15, -0.1) is 0 Å². The summed E-state index contributed by atoms with van der Waals surface area (Å²) in [5.74, 6) is 0.826. The number of rotatable bonds is 7. The number of hydrogen-bond acceptors (Lipinski definition) is 4. The van der Waals surface area contributed by atoms with E-state index in [0.717, 1.165) is 25.0 Å². The summed E-state index contributed by atoms with van der Waals surface area (Å²) < 4.78 is 32.4. The number of hydrogen-bond donors (Lipinski definition) is 1. The predicted molar refractivity (Wildman–Crippen MR) is 106 cm³/mol. The van der Waals surface area contributed by atoms with Crippen LogP contribution in [0.15, 0.2) is 24.3 Å². The minimum atomic E-state index is -3.28. The van der Waals surface area contributed by atoms with E-state index in [4.69, 9.17) is 4.74 Å². The van der Waals surface area contributed by atoms with Crippen molar-refractivity contribution in [2.45, 2.75) is 58.6 Å². The first-order chi connectivity index (χ1) is 12.8. The third kappa shape index (κ3) is 4.63. The second kappa shape index (κ2) is 8.19. The fraction of sp³-hybridized carbons (Fsp3) is 0.650. The molecule has 1 amide bonds. The van der Waals surface area contributed by atoms with E-state index in [2.05, 4.69) is 5.32 Å². The Balaban J connectivity index is 1.69. The van der Waals surface area contributed by atoms with Crippen LogP contribution in [0.2, 0.25) is 0 Å². The number of piperidine rings is 2. The lowest BCUT2D eigenvalue weighted by atomic mass is 9.73. The van der Waals surface area contributed by atoms with Crippen LogP contribution < -0.4 is 10.1 Å². The summed E-state index contributed by atoms with van der Waals surface area (Å²) in [7, 11) is -3.28. The van der Waals surface area contributed by atoms with Crippen LogP contribution in [0, 0.1) is 11.8 Å². The molecule has 3 aliphatic rings. The molecule has 0 unspecified atom stereocenters. The Kier molecular flexibility index (Phi) is 6.11. The standard InChI is InChI=1S/C20H30N2O4S/c1-4-11-27(24,25)22-13-15-5-10-19(22)18(12-15)20(23)21-16-6-8-17(9-7-16)26-14(2)3/h6-9,14-15,18-19H,4-5,10-13H2,1-3H3,(H,21,23)/t15-,18+,19+/m0/s1. The fourth-order valence-corrected chi connectivity index (χ4v) is 6.10. The molecule has 2 aliphatic heterocycles. The van der Waals surface area contributed by atoms with Gasteiger partial charge in [0.1, 0.15) is 5.75 Å². The molecule has 1 aliphatic carbocycles. The van der Waals surface area contributed by atoms with E-state index in [-0.39, 0.29) is 35.6 Å². The summed E-state index contributed by atoms with van der Waals surface area (Å²) in [6, 6.07) is 7.10. The second-order valence-electron chi connectivity index (χ2n) is 7.92. The van der Waals surface area contributed by atoms with Crippen LogP contribution in [0.5, 0.6) is 5.75 Å². The van der Waals surface area contributed by atoms with Gasteiger partial charge < -0.3 is 10.1 Å². The molecule has 150 valence electrons. The van der Waals surface area contributed by atoms with E-state index < -0.39 is 10.0 Å². The molecule has 3 atom stereocenters. The van der Waals surface area contributed by atoms with Crippen molar-refractivity contribution in [1.82, 2.24) is 4.31 Å². The smallest absolute Gasteiger partial charge is 0.229 e. The van der Waals surface area contributed by atoms with E-state index in [1.807, 2.05) is 45.0 Å². The van der Waals surface area contributed by atoms with Crippen molar-refractivity contribution in [1.29, 1.82) is 0 Å². The van der Waals surface area contributed by atoms with Crippen molar-refractivity contribution < 1.29 is 17.9 Å². The molecule has 1 aromatic rings. The maximum absolute atomic E-state index is 12.9. The maximum Gasteiger partial charge on any atom is 0.229 e. The van der Waals surface area contributed by atoms with Gasteiger partial charge in [-0.3, -0.25) is 4.79 Å². The van der Waals surface area contributed by atoms with Gasteiger partial charge in [-0.2, -0.15) is 4.31 Å². The van der Waals surface area contributed by atoms with Crippen LogP contribution in [-0.4, -0.2) is 43.1 Å². The summed E-state index contributed by atoms with van der Waals surface area (Å²) >= 11 is 0. The van der Waals surface area contributed by atoms with E-state index in [9.17, 15) is 13.2 Å². The van der Waals surface area contributed by atoms with Crippen LogP contribution in [0.3, 0.4) is 0 Å². The van der Waals surface area contributed by atoms with Crippen LogP contribution in [0.1, 0.15) is 46.5 Å². The number of nitrogens with zero attached hydrogens (tertiary/aromatic N) is 1. The Morgan fingerprint density at radius 2 is 1.96 bits per heavy atom. The summed E-state index contributed by atoms with van der Waals surface area (Å²) in [5, 5.41) is 2.97. The fourth-order valence-electron chi connectivity index (χ4n) is 4.24. The van der Waals surface area contributed by atoms with Crippen LogP contribution in [0.25, 0.3) is 0 Å². The van der Waals surface area contributed by atoms with Gasteiger partial charge in [0.25, 0.3) is 0 Å². The molecule has 1 aromatic carbocycles. The van der Waals surface area contributed by atoms with Crippen molar-refractivity contribution in [2.75, 3.05) is 17.6 Å². The number of carbonyl (C=O) groups excluding carboxylic acids is 1. The predicted octanol–water partition coefficient (Wildman–Crippen LogP) is 3.25. The lowest BCUT2D eigenvalue weighted by Crippen LogP contribution is -2.58. The monoisotopic (exact) mass is 394 g/mol. The lowest BCUT2D eigenvalue weighted by Gasteiger charge is -2.48. The molecule has 2 bridgehead atoms. The molecule has 0 radical (unpaired) electrons. The molecule has 2 saturated heterocycles. The highest BCUT2D eigenvalue weighted by molar-refractivity contribution is 7.89. The lowest BCUT2D eigenvalue weighted by molar-refractivity contribution is -0.125. The highest BCUT2D eigenvalue weighted by Crippen LogP contribution is 2.41. The molecule has 27 heavy (non-hydrogen) atoms. The summed E-state index contributed by atoms with van der Waals surface area (Å²) in [5.41, 5.74) is 0.709. The Morgan fingerprint density at radius 3 is 2.56 bits per heavy atom. The van der Waals surface area contributed by atoms with Gasteiger partial charge >= 0.3 is 0 Å². The first-order valence-corrected chi connectivity index (χ1v) is 11.5. The van der Waals surface area contributed by atoms with Crippen molar-refractivity contribution >= 4 is 21.6 Å². The van der Waals surface area contributed by atoms with E-state index in [1.54, 1.807) is 4.31 Å². The quantitative estimate of drug-likeness (QED) is 0.770. The topological polar surface area (TPSA) is 75.7 Å². The summed E-state index contributed by atoms with van der Waals surface area (Å²) in [6.07, 6.45) is 3.24. The molecule has 7 heteroatoms. The normalized spacial score (nSPS) is 25.6. The van der Waals surface area contributed by atoms with Crippen molar-refractivity contribution in [3.63, 3.8) is 0 Å². The summed E-state index contributed by atoms with van der Waals surface area (Å²) in [6.45, 7) is 6.37. The van der Waals surface area contributed by atoms with Gasteiger partial charge in [0.05, 0.1) is 17.8 Å². The number of nitrogens with one attached hydrogen (secondary N) is 1. The third-order valence-electron chi connectivity index (χ3n) is 5.38. The second-order valence-corrected chi connectivity index (χ2v) is 9.96. The van der Waals surface area contributed by atoms with Crippen LogP contribution in [-0.2, 0) is 14.8 Å². The van der Waals surface area contributed by atoms with Crippen molar-refractivity contribution in [3.05, 3.63) is 24.3 Å². The molecule has 0 spiro atoms. The molecule has 1 saturated carbocycles. The van der Waals surface area contributed by atoms with Gasteiger partial charge in [-0.05, 0) is 69.7 Å². The van der Waals surface area contributed by atoms with Gasteiger partial charge in [0, 0.05) is 18.3 Å². The molecular weight excluding hydrogens is 364 g/mol. The molecular formula is C20H30N2O4S. The highest BCUT2D eigenvalue weighted by atomic mass is 32.2. The zero-order valence-electron chi connectivity index (χ0n) is 16.3. The number of benzene rings is 1. The minimum absolute atomic E-state index is 0.0846. The first kappa shape index (κ1) is 20.1. The SMILES string of the molecule is CCCS(=O)(=O)N1C[C@H]2CC[C@@H]1[C@H](C(=O)Nc1ccc(OC(C)C)cc1)C2. The van der Waals surface area contributed by atoms with Gasteiger partial charge in [0.15, 0.2) is 0 Å². The molecule has 1 N–H and O–H groups in total. The molecule has 3 fully saturated rings. The van der Waals surface area contributed by atoms with Gasteiger partial charge in [-0.1, -0.05) is 6.92 Å². The number of sulfonamides is 1. The maximum atomic E-state index is 12.9. The van der Waals surface area contributed by atoms with Gasteiger partial charge in [-0.25, -0.2) is 8.42 Å². The van der Waals surface area contributed by atoms with Crippen molar-refractivity contribution in [2.24, 2.45) is 11.8 Å². The van der Waals surface area contributed by atoms with E-state index in [0.29, 0.717) is 18.7 Å². The van der Waals surface area contributed by atoms with Gasteiger partial charge in [0.2, 0.25) is 15.9 Å².